The van der Waals surface area contributed by atoms with Crippen LogP contribution in [0.3, 0.4) is 0 Å². The number of pyridine rings is 1. The molecule has 0 saturated heterocycles. The normalized spacial score (nSPS) is 11.4. The van der Waals surface area contributed by atoms with E-state index in [4.69, 9.17) is 16.7 Å². The second-order valence-electron chi connectivity index (χ2n) is 3.13. The van der Waals surface area contributed by atoms with E-state index in [0.29, 0.717) is 3.57 Å². The zero-order chi connectivity index (χ0) is 13.9. The molecular formula is C9H6ClF3INO3. The van der Waals surface area contributed by atoms with Crippen molar-refractivity contribution in [2.45, 2.75) is 18.7 Å². The van der Waals surface area contributed by atoms with Gasteiger partial charge in [0.2, 0.25) is 5.88 Å². The van der Waals surface area contributed by atoms with Crippen molar-refractivity contribution < 1.29 is 27.8 Å². The molecule has 18 heavy (non-hydrogen) atoms. The molecule has 0 unspecified atom stereocenters. The Bertz CT molecular complexity index is 467. The Morgan fingerprint density at radius 3 is 2.61 bits per heavy atom. The molecule has 1 N–H and O–H groups in total. The van der Waals surface area contributed by atoms with Gasteiger partial charge in [-0.25, -0.2) is 4.98 Å². The number of carboxylic acids is 1. The maximum Gasteiger partial charge on any atom is 0.574 e. The first-order valence-corrected chi connectivity index (χ1v) is 6.06. The van der Waals surface area contributed by atoms with Crippen LogP contribution in [0.1, 0.15) is 11.3 Å². The molecule has 1 aromatic rings. The summed E-state index contributed by atoms with van der Waals surface area (Å²) in [5.41, 5.74) is 0.0451. The topological polar surface area (TPSA) is 59.4 Å². The monoisotopic (exact) mass is 395 g/mol. The second-order valence-corrected chi connectivity index (χ2v) is 4.56. The van der Waals surface area contributed by atoms with Crippen molar-refractivity contribution >= 4 is 40.2 Å². The summed E-state index contributed by atoms with van der Waals surface area (Å²) in [6.45, 7) is 0. The second kappa shape index (κ2) is 5.91. The van der Waals surface area contributed by atoms with E-state index in [1.54, 1.807) is 22.6 Å². The van der Waals surface area contributed by atoms with Crippen molar-refractivity contribution in [3.05, 3.63) is 20.9 Å². The zero-order valence-corrected chi connectivity index (χ0v) is 11.5. The lowest BCUT2D eigenvalue weighted by Gasteiger charge is -2.13. The van der Waals surface area contributed by atoms with E-state index >= 15 is 0 Å². The molecule has 100 valence electrons. The van der Waals surface area contributed by atoms with Crippen molar-refractivity contribution in [3.8, 4) is 5.88 Å². The van der Waals surface area contributed by atoms with E-state index in [1.165, 1.54) is 6.07 Å². The Hall–Kier alpha value is -0.770. The molecule has 1 aromatic heterocycles. The summed E-state index contributed by atoms with van der Waals surface area (Å²) in [4.78, 5) is 14.0. The van der Waals surface area contributed by atoms with E-state index < -0.39 is 24.6 Å². The average Bonchev–Trinajstić information content (AvgIpc) is 2.13. The molecule has 0 aliphatic rings. The largest absolute Gasteiger partial charge is 0.574 e. The van der Waals surface area contributed by atoms with E-state index in [2.05, 4.69) is 9.72 Å². The van der Waals surface area contributed by atoms with Gasteiger partial charge in [-0.2, -0.15) is 0 Å². The predicted molar refractivity (Wildman–Crippen MR) is 64.5 cm³/mol. The smallest absolute Gasteiger partial charge is 0.481 e. The highest BCUT2D eigenvalue weighted by Gasteiger charge is 2.33. The minimum atomic E-state index is -4.90. The highest BCUT2D eigenvalue weighted by molar-refractivity contribution is 14.1. The summed E-state index contributed by atoms with van der Waals surface area (Å²) in [5.74, 6) is -2.13. The molecule has 0 aliphatic carbocycles. The van der Waals surface area contributed by atoms with Crippen LogP contribution in [-0.2, 0) is 17.1 Å². The van der Waals surface area contributed by atoms with Gasteiger partial charge in [0, 0.05) is 9.13 Å². The summed E-state index contributed by atoms with van der Waals surface area (Å²) < 4.78 is 40.6. The third-order valence-corrected chi connectivity index (χ3v) is 2.99. The van der Waals surface area contributed by atoms with Crippen molar-refractivity contribution in [1.82, 2.24) is 4.98 Å². The third kappa shape index (κ3) is 4.48. The van der Waals surface area contributed by atoms with Gasteiger partial charge in [-0.1, -0.05) is 0 Å². The van der Waals surface area contributed by atoms with E-state index in [9.17, 15) is 18.0 Å². The summed E-state index contributed by atoms with van der Waals surface area (Å²) in [6, 6.07) is 1.36. The molecule has 0 amide bonds. The van der Waals surface area contributed by atoms with E-state index in [0.717, 1.165) is 0 Å². The van der Waals surface area contributed by atoms with Gasteiger partial charge < -0.3 is 9.84 Å². The number of carbonyl (C=O) groups is 1. The number of halogens is 5. The first kappa shape index (κ1) is 15.3. The van der Waals surface area contributed by atoms with E-state index in [1.807, 2.05) is 0 Å². The molecule has 0 fully saturated rings. The zero-order valence-electron chi connectivity index (χ0n) is 8.59. The summed E-state index contributed by atoms with van der Waals surface area (Å²) in [7, 11) is 0. The molecular weight excluding hydrogens is 389 g/mol. The summed E-state index contributed by atoms with van der Waals surface area (Å²) in [5, 5.41) is 8.58. The average molecular weight is 396 g/mol. The fourth-order valence-electron chi connectivity index (χ4n) is 1.13. The SMILES string of the molecule is O=C(O)Cc1cc(I)c(CCl)c(OC(F)(F)F)n1. The van der Waals surface area contributed by atoms with Crippen LogP contribution >= 0.6 is 34.2 Å². The molecule has 0 saturated carbocycles. The first-order valence-electron chi connectivity index (χ1n) is 4.44. The fourth-order valence-corrected chi connectivity index (χ4v) is 2.39. The molecule has 0 aliphatic heterocycles. The first-order chi connectivity index (χ1) is 8.23. The van der Waals surface area contributed by atoms with Crippen LogP contribution in [0.2, 0.25) is 0 Å². The quantitative estimate of drug-likeness (QED) is 0.629. The molecule has 0 radical (unpaired) electrons. The molecule has 1 heterocycles. The van der Waals surface area contributed by atoms with E-state index in [-0.39, 0.29) is 17.1 Å². The fraction of sp³-hybridized carbons (Fsp3) is 0.333. The van der Waals surface area contributed by atoms with Gasteiger partial charge in [-0.3, -0.25) is 4.79 Å². The van der Waals surface area contributed by atoms with Crippen LogP contribution < -0.4 is 4.74 Å². The molecule has 0 spiro atoms. The van der Waals surface area contributed by atoms with Crippen LogP contribution in [-0.4, -0.2) is 22.4 Å². The van der Waals surface area contributed by atoms with Crippen LogP contribution in [0, 0.1) is 3.57 Å². The minimum absolute atomic E-state index is 0.0278. The predicted octanol–water partition coefficient (Wildman–Crippen LogP) is 2.95. The number of ether oxygens (including phenoxy) is 1. The molecule has 0 bridgehead atoms. The number of alkyl halides is 4. The van der Waals surface area contributed by atoms with Gasteiger partial charge in [-0.15, -0.1) is 24.8 Å². The third-order valence-electron chi connectivity index (χ3n) is 1.76. The Kier molecular flexibility index (Phi) is 5.02. The van der Waals surface area contributed by atoms with Crippen molar-refractivity contribution in [1.29, 1.82) is 0 Å². The summed E-state index contributed by atoms with van der Waals surface area (Å²) >= 11 is 7.26. The molecule has 9 heteroatoms. The highest BCUT2D eigenvalue weighted by Crippen LogP contribution is 2.29. The molecule has 0 aromatic carbocycles. The lowest BCUT2D eigenvalue weighted by Crippen LogP contribution is -2.20. The lowest BCUT2D eigenvalue weighted by molar-refractivity contribution is -0.276. The van der Waals surface area contributed by atoms with Gasteiger partial charge >= 0.3 is 12.3 Å². The Morgan fingerprint density at radius 2 is 2.17 bits per heavy atom. The van der Waals surface area contributed by atoms with Crippen LogP contribution in [0.15, 0.2) is 6.07 Å². The number of carboxylic acid groups (broad SMARTS) is 1. The number of rotatable bonds is 4. The maximum absolute atomic E-state index is 12.2. The number of aromatic nitrogens is 1. The van der Waals surface area contributed by atoms with Crippen LogP contribution in [0.5, 0.6) is 5.88 Å². The van der Waals surface area contributed by atoms with Gasteiger partial charge in [-0.05, 0) is 28.7 Å². The lowest BCUT2D eigenvalue weighted by atomic mass is 10.2. The Morgan fingerprint density at radius 1 is 1.56 bits per heavy atom. The van der Waals surface area contributed by atoms with Gasteiger partial charge in [0.05, 0.1) is 18.0 Å². The van der Waals surface area contributed by atoms with Crippen LogP contribution in [0.25, 0.3) is 0 Å². The summed E-state index contributed by atoms with van der Waals surface area (Å²) in [6.07, 6.45) is -5.40. The molecule has 0 atom stereocenters. The van der Waals surface area contributed by atoms with Crippen LogP contribution in [0.4, 0.5) is 13.2 Å². The highest BCUT2D eigenvalue weighted by atomic mass is 127. The number of aliphatic carboxylic acids is 1. The van der Waals surface area contributed by atoms with Crippen molar-refractivity contribution in [2.24, 2.45) is 0 Å². The molecule has 4 nitrogen and oxygen atoms in total. The number of hydrogen-bond acceptors (Lipinski definition) is 3. The van der Waals surface area contributed by atoms with Gasteiger partial charge in [0.1, 0.15) is 0 Å². The van der Waals surface area contributed by atoms with Crippen molar-refractivity contribution in [3.63, 3.8) is 0 Å². The van der Waals surface area contributed by atoms with Gasteiger partial charge in [0.15, 0.2) is 0 Å². The maximum atomic E-state index is 12.2. The number of nitrogens with zero attached hydrogens (tertiary/aromatic N) is 1. The minimum Gasteiger partial charge on any atom is -0.481 e. The Balaban J connectivity index is 3.19. The van der Waals surface area contributed by atoms with Crippen molar-refractivity contribution in [2.75, 3.05) is 0 Å². The standard InChI is InChI=1S/C9H6ClF3INO3/c10-3-5-6(14)1-4(2-7(16)17)15-8(5)18-9(11,12)13/h1H,2-3H2,(H,16,17). The Labute approximate surface area is 118 Å². The van der Waals surface area contributed by atoms with Gasteiger partial charge in [0.25, 0.3) is 0 Å². The molecule has 1 rings (SSSR count). The number of hydrogen-bond donors (Lipinski definition) is 1.